The third kappa shape index (κ3) is 5.94. The number of rotatable bonds is 9. The topological polar surface area (TPSA) is 52.6 Å². The lowest BCUT2D eigenvalue weighted by Crippen LogP contribution is -2.41. The molecule has 0 saturated heterocycles. The zero-order valence-electron chi connectivity index (χ0n) is 22.9. The van der Waals surface area contributed by atoms with Gasteiger partial charge in [-0.2, -0.15) is 0 Å². The number of carbonyl (C=O) groups excluding carboxylic acids is 2. The Morgan fingerprint density at radius 1 is 0.838 bits per heavy atom. The number of ether oxygens (including phenoxy) is 2. The number of hydrogen-bond acceptors (Lipinski definition) is 4. The average Bonchev–Trinajstić information content (AvgIpc) is 2.92. The second-order valence-corrected chi connectivity index (χ2v) is 14.0. The standard InChI is InChI=1S/C32H38O4Si/c1-7-9-17-24(16-8-2)28(25-20-14-11-15-21-25)26-22-27(23-18-12-10-13-19-23)37(5,6)30(32(34)36-4)29(26)31(33)35-3/h10-15,17-22H,7-9,16H2,1-6H3/b24-17+,28-26-. The SMILES string of the molecule is CCC/C=C(CCC)/C(=C1\C=C(c2ccccc2)[Si](C)(C)C(C(=O)OC)=C1C(=O)OC)c1ccccc1. The van der Waals surface area contributed by atoms with Gasteiger partial charge < -0.3 is 9.47 Å². The molecule has 194 valence electrons. The molecule has 0 N–H and O–H groups in total. The summed E-state index contributed by atoms with van der Waals surface area (Å²) in [6.07, 6.45) is 8.16. The Morgan fingerprint density at radius 2 is 1.43 bits per heavy atom. The van der Waals surface area contributed by atoms with Gasteiger partial charge in [0.15, 0.2) is 0 Å². The van der Waals surface area contributed by atoms with Gasteiger partial charge in [0.05, 0.1) is 19.8 Å². The highest BCUT2D eigenvalue weighted by Gasteiger charge is 2.45. The molecule has 2 aromatic rings. The van der Waals surface area contributed by atoms with Crippen molar-refractivity contribution in [3.05, 3.63) is 106 Å². The van der Waals surface area contributed by atoms with Crippen LogP contribution in [0.5, 0.6) is 0 Å². The molecule has 0 amide bonds. The van der Waals surface area contributed by atoms with Crippen LogP contribution >= 0.6 is 0 Å². The predicted molar refractivity (Wildman–Crippen MR) is 154 cm³/mol. The summed E-state index contributed by atoms with van der Waals surface area (Å²) in [4.78, 5) is 27.0. The van der Waals surface area contributed by atoms with E-state index in [9.17, 15) is 9.59 Å². The maximum Gasteiger partial charge on any atom is 0.338 e. The Bertz CT molecular complexity index is 1250. The molecule has 1 aliphatic heterocycles. The van der Waals surface area contributed by atoms with Crippen LogP contribution in [0, 0.1) is 0 Å². The Hall–Kier alpha value is -3.44. The van der Waals surface area contributed by atoms with E-state index in [1.807, 2.05) is 36.4 Å². The van der Waals surface area contributed by atoms with E-state index in [2.05, 4.69) is 63.4 Å². The molecule has 0 atom stereocenters. The quantitative estimate of drug-likeness (QED) is 0.257. The van der Waals surface area contributed by atoms with Crippen molar-refractivity contribution < 1.29 is 19.1 Å². The number of benzene rings is 2. The fourth-order valence-electron chi connectivity index (χ4n) is 5.05. The molecule has 0 aromatic heterocycles. The molecule has 2 aromatic carbocycles. The molecular formula is C32H38O4Si. The fraction of sp³-hybridized carbons (Fsp3) is 0.312. The van der Waals surface area contributed by atoms with Crippen LogP contribution in [0.2, 0.25) is 13.1 Å². The van der Waals surface area contributed by atoms with Crippen LogP contribution in [-0.4, -0.2) is 34.2 Å². The van der Waals surface area contributed by atoms with Gasteiger partial charge in [0.25, 0.3) is 0 Å². The van der Waals surface area contributed by atoms with Crippen LogP contribution < -0.4 is 0 Å². The predicted octanol–water partition coefficient (Wildman–Crippen LogP) is 7.49. The van der Waals surface area contributed by atoms with E-state index in [-0.39, 0.29) is 0 Å². The van der Waals surface area contributed by atoms with E-state index in [0.29, 0.717) is 10.8 Å². The number of hydrogen-bond donors (Lipinski definition) is 0. The van der Waals surface area contributed by atoms with Gasteiger partial charge in [-0.3, -0.25) is 0 Å². The lowest BCUT2D eigenvalue weighted by atomic mass is 9.85. The maximum absolute atomic E-state index is 13.5. The fourth-order valence-corrected chi connectivity index (χ4v) is 8.18. The molecule has 0 radical (unpaired) electrons. The number of allylic oxidation sites excluding steroid dienone is 4. The highest BCUT2D eigenvalue weighted by molar-refractivity contribution is 7.03. The van der Waals surface area contributed by atoms with Gasteiger partial charge in [0, 0.05) is 5.20 Å². The number of carbonyl (C=O) groups is 2. The summed E-state index contributed by atoms with van der Waals surface area (Å²) < 4.78 is 10.6. The van der Waals surface area contributed by atoms with Crippen molar-refractivity contribution in [2.75, 3.05) is 14.2 Å². The highest BCUT2D eigenvalue weighted by Crippen LogP contribution is 2.45. The van der Waals surface area contributed by atoms with Crippen molar-refractivity contribution >= 4 is 30.8 Å². The van der Waals surface area contributed by atoms with E-state index in [4.69, 9.17) is 9.47 Å². The molecule has 5 heteroatoms. The molecule has 1 aliphatic rings. The first-order valence-electron chi connectivity index (χ1n) is 13.0. The molecule has 4 nitrogen and oxygen atoms in total. The molecule has 1 heterocycles. The van der Waals surface area contributed by atoms with E-state index in [1.165, 1.54) is 19.8 Å². The van der Waals surface area contributed by atoms with Gasteiger partial charge in [0.1, 0.15) is 8.07 Å². The zero-order valence-corrected chi connectivity index (χ0v) is 23.9. The van der Waals surface area contributed by atoms with Crippen molar-refractivity contribution in [2.24, 2.45) is 0 Å². The first-order chi connectivity index (χ1) is 17.8. The van der Waals surface area contributed by atoms with Crippen molar-refractivity contribution in [3.63, 3.8) is 0 Å². The summed E-state index contributed by atoms with van der Waals surface area (Å²) in [7, 11) is 0.0734. The second kappa shape index (κ2) is 12.7. The Labute approximate surface area is 222 Å². The molecule has 37 heavy (non-hydrogen) atoms. The van der Waals surface area contributed by atoms with Gasteiger partial charge in [-0.1, -0.05) is 113 Å². The Morgan fingerprint density at radius 3 is 1.97 bits per heavy atom. The molecule has 0 fully saturated rings. The van der Waals surface area contributed by atoms with Gasteiger partial charge in [0.2, 0.25) is 0 Å². The van der Waals surface area contributed by atoms with Crippen LogP contribution in [0.1, 0.15) is 50.7 Å². The minimum Gasteiger partial charge on any atom is -0.466 e. The molecule has 0 aliphatic carbocycles. The van der Waals surface area contributed by atoms with Crippen molar-refractivity contribution in [3.8, 4) is 0 Å². The number of methoxy groups -OCH3 is 2. The van der Waals surface area contributed by atoms with Crippen LogP contribution in [0.4, 0.5) is 0 Å². The molecule has 3 rings (SSSR count). The zero-order chi connectivity index (χ0) is 27.0. The Kier molecular flexibility index (Phi) is 9.64. The lowest BCUT2D eigenvalue weighted by molar-refractivity contribution is -0.138. The molecular weight excluding hydrogens is 476 g/mol. The summed E-state index contributed by atoms with van der Waals surface area (Å²) in [6, 6.07) is 20.3. The van der Waals surface area contributed by atoms with Crippen LogP contribution in [0.25, 0.3) is 10.8 Å². The lowest BCUT2D eigenvalue weighted by Gasteiger charge is -2.35. The summed E-state index contributed by atoms with van der Waals surface area (Å²) >= 11 is 0. The van der Waals surface area contributed by atoms with Gasteiger partial charge >= 0.3 is 11.9 Å². The van der Waals surface area contributed by atoms with Crippen molar-refractivity contribution in [1.82, 2.24) is 0 Å². The smallest absolute Gasteiger partial charge is 0.338 e. The monoisotopic (exact) mass is 514 g/mol. The molecule has 0 unspecified atom stereocenters. The largest absolute Gasteiger partial charge is 0.466 e. The molecule has 0 spiro atoms. The van der Waals surface area contributed by atoms with Gasteiger partial charge in [-0.15, -0.1) is 0 Å². The summed E-state index contributed by atoms with van der Waals surface area (Å²) in [5.41, 5.74) is 5.23. The number of esters is 2. The third-order valence-electron chi connectivity index (χ3n) is 6.82. The second-order valence-electron chi connectivity index (χ2n) is 9.70. The first kappa shape index (κ1) is 28.1. The minimum absolute atomic E-state index is 0.322. The van der Waals surface area contributed by atoms with Crippen LogP contribution in [-0.2, 0) is 19.1 Å². The summed E-state index contributed by atoms with van der Waals surface area (Å²) in [6.45, 7) is 8.51. The average molecular weight is 515 g/mol. The first-order valence-corrected chi connectivity index (χ1v) is 16.0. The van der Waals surface area contributed by atoms with Gasteiger partial charge in [-0.05, 0) is 45.9 Å². The molecule has 0 bridgehead atoms. The van der Waals surface area contributed by atoms with Crippen LogP contribution in [0.3, 0.4) is 0 Å². The third-order valence-corrected chi connectivity index (χ3v) is 10.3. The van der Waals surface area contributed by atoms with E-state index in [1.54, 1.807) is 0 Å². The minimum atomic E-state index is -2.67. The Balaban J connectivity index is 2.58. The van der Waals surface area contributed by atoms with Gasteiger partial charge in [-0.25, -0.2) is 9.59 Å². The molecule has 0 saturated carbocycles. The van der Waals surface area contributed by atoms with E-state index in [0.717, 1.165) is 53.2 Å². The van der Waals surface area contributed by atoms with E-state index >= 15 is 0 Å². The normalized spacial score (nSPS) is 16.7. The van der Waals surface area contributed by atoms with E-state index < -0.39 is 20.0 Å². The van der Waals surface area contributed by atoms with Crippen molar-refractivity contribution in [1.29, 1.82) is 0 Å². The summed E-state index contributed by atoms with van der Waals surface area (Å²) in [5, 5.41) is 1.52. The highest BCUT2D eigenvalue weighted by atomic mass is 28.3. The maximum atomic E-state index is 13.5. The summed E-state index contributed by atoms with van der Waals surface area (Å²) in [5.74, 6) is -0.989. The van der Waals surface area contributed by atoms with Crippen LogP contribution in [0.15, 0.2) is 94.7 Å². The number of unbranched alkanes of at least 4 members (excludes halogenated alkanes) is 1. The van der Waals surface area contributed by atoms with Crippen molar-refractivity contribution in [2.45, 2.75) is 52.6 Å².